The Kier molecular flexibility index (Phi) is 4.84. The monoisotopic (exact) mass is 400 g/mol. The van der Waals surface area contributed by atoms with Crippen molar-refractivity contribution in [2.75, 3.05) is 5.32 Å². The van der Waals surface area contributed by atoms with E-state index in [2.05, 4.69) is 5.32 Å². The topological polar surface area (TPSA) is 72.2 Å². The SMILES string of the molecule is O=C(Cc1ccc(F)cc1)Nc1ccc([N+](=O)[O-])cc1I. The average Bonchev–Trinajstić information content (AvgIpc) is 2.43. The van der Waals surface area contributed by atoms with Gasteiger partial charge in [0.2, 0.25) is 5.91 Å². The van der Waals surface area contributed by atoms with Gasteiger partial charge in [0.15, 0.2) is 0 Å². The van der Waals surface area contributed by atoms with Crippen LogP contribution in [0.3, 0.4) is 0 Å². The number of rotatable bonds is 4. The summed E-state index contributed by atoms with van der Waals surface area (Å²) in [6, 6.07) is 9.86. The summed E-state index contributed by atoms with van der Waals surface area (Å²) in [4.78, 5) is 22.0. The van der Waals surface area contributed by atoms with E-state index in [0.29, 0.717) is 14.8 Å². The third-order valence-corrected chi connectivity index (χ3v) is 3.61. The van der Waals surface area contributed by atoms with Gasteiger partial charge in [-0.3, -0.25) is 14.9 Å². The van der Waals surface area contributed by atoms with Crippen LogP contribution in [0.1, 0.15) is 5.56 Å². The highest BCUT2D eigenvalue weighted by Crippen LogP contribution is 2.23. The van der Waals surface area contributed by atoms with Crippen LogP contribution in [0, 0.1) is 19.5 Å². The van der Waals surface area contributed by atoms with Crippen molar-refractivity contribution in [1.82, 2.24) is 0 Å². The Bertz CT molecular complexity index is 689. The van der Waals surface area contributed by atoms with E-state index in [0.717, 1.165) is 0 Å². The lowest BCUT2D eigenvalue weighted by molar-refractivity contribution is -0.384. The quantitative estimate of drug-likeness (QED) is 0.485. The fourth-order valence-electron chi connectivity index (χ4n) is 1.70. The molecule has 5 nitrogen and oxygen atoms in total. The van der Waals surface area contributed by atoms with E-state index in [4.69, 9.17) is 0 Å². The van der Waals surface area contributed by atoms with Crippen LogP contribution in [0.15, 0.2) is 42.5 Å². The van der Waals surface area contributed by atoms with Crippen molar-refractivity contribution >= 4 is 39.9 Å². The lowest BCUT2D eigenvalue weighted by Crippen LogP contribution is -2.15. The van der Waals surface area contributed by atoms with Gasteiger partial charge in [-0.2, -0.15) is 0 Å². The molecule has 0 aliphatic heterocycles. The van der Waals surface area contributed by atoms with Crippen molar-refractivity contribution in [3.63, 3.8) is 0 Å². The number of nitro groups is 1. The van der Waals surface area contributed by atoms with Gasteiger partial charge in [-0.05, 0) is 46.4 Å². The number of nitro benzene ring substituents is 1. The number of carbonyl (C=O) groups excluding carboxylic acids is 1. The largest absolute Gasteiger partial charge is 0.325 e. The van der Waals surface area contributed by atoms with Crippen LogP contribution in [0.25, 0.3) is 0 Å². The first-order valence-corrected chi connectivity index (χ1v) is 7.02. The molecule has 0 aliphatic carbocycles. The molecule has 2 rings (SSSR count). The zero-order valence-electron chi connectivity index (χ0n) is 10.7. The lowest BCUT2D eigenvalue weighted by Gasteiger charge is -2.07. The van der Waals surface area contributed by atoms with Crippen molar-refractivity contribution in [1.29, 1.82) is 0 Å². The smallest absolute Gasteiger partial charge is 0.270 e. The second kappa shape index (κ2) is 6.61. The Labute approximate surface area is 133 Å². The summed E-state index contributed by atoms with van der Waals surface area (Å²) in [6.45, 7) is 0. The minimum Gasteiger partial charge on any atom is -0.325 e. The predicted molar refractivity (Wildman–Crippen MR) is 84.5 cm³/mol. The van der Waals surface area contributed by atoms with Gasteiger partial charge in [-0.1, -0.05) is 12.1 Å². The predicted octanol–water partition coefficient (Wildman–Crippen LogP) is 3.52. The van der Waals surface area contributed by atoms with Gasteiger partial charge in [0.1, 0.15) is 5.82 Å². The number of non-ortho nitro benzene ring substituents is 1. The van der Waals surface area contributed by atoms with Crippen molar-refractivity contribution in [2.45, 2.75) is 6.42 Å². The van der Waals surface area contributed by atoms with E-state index in [-0.39, 0.29) is 23.8 Å². The molecule has 1 amide bonds. The first kappa shape index (κ1) is 15.4. The molecule has 2 aromatic carbocycles. The Hall–Kier alpha value is -2.03. The number of benzene rings is 2. The van der Waals surface area contributed by atoms with Crippen LogP contribution in [-0.2, 0) is 11.2 Å². The Morgan fingerprint density at radius 2 is 1.90 bits per heavy atom. The molecule has 1 N–H and O–H groups in total. The maximum atomic E-state index is 12.8. The number of halogens is 2. The van der Waals surface area contributed by atoms with Crippen LogP contribution in [0.5, 0.6) is 0 Å². The van der Waals surface area contributed by atoms with E-state index in [1.54, 1.807) is 0 Å². The molecule has 7 heteroatoms. The molecule has 0 aliphatic rings. The van der Waals surface area contributed by atoms with Crippen molar-refractivity contribution in [3.05, 3.63) is 67.5 Å². The maximum absolute atomic E-state index is 12.8. The second-order valence-corrected chi connectivity index (χ2v) is 5.43. The molecule has 0 bridgehead atoms. The molecule has 0 heterocycles. The summed E-state index contributed by atoms with van der Waals surface area (Å²) in [5.74, 6) is -0.627. The highest BCUT2D eigenvalue weighted by molar-refractivity contribution is 14.1. The third kappa shape index (κ3) is 4.22. The minimum absolute atomic E-state index is 0.0315. The van der Waals surface area contributed by atoms with Gasteiger partial charge in [0, 0.05) is 15.7 Å². The molecule has 108 valence electrons. The van der Waals surface area contributed by atoms with Crippen molar-refractivity contribution in [2.24, 2.45) is 0 Å². The highest BCUT2D eigenvalue weighted by atomic mass is 127. The van der Waals surface area contributed by atoms with E-state index in [1.807, 2.05) is 22.6 Å². The van der Waals surface area contributed by atoms with Gasteiger partial charge in [-0.15, -0.1) is 0 Å². The van der Waals surface area contributed by atoms with Crippen LogP contribution in [-0.4, -0.2) is 10.8 Å². The molecule has 0 unspecified atom stereocenters. The number of amides is 1. The van der Waals surface area contributed by atoms with Gasteiger partial charge >= 0.3 is 0 Å². The molecule has 2 aromatic rings. The molecule has 0 radical (unpaired) electrons. The highest BCUT2D eigenvalue weighted by Gasteiger charge is 2.11. The van der Waals surface area contributed by atoms with Gasteiger partial charge in [0.25, 0.3) is 5.69 Å². The number of nitrogens with zero attached hydrogens (tertiary/aromatic N) is 1. The maximum Gasteiger partial charge on any atom is 0.270 e. The van der Waals surface area contributed by atoms with Gasteiger partial charge < -0.3 is 5.32 Å². The molecule has 0 aromatic heterocycles. The van der Waals surface area contributed by atoms with Crippen LogP contribution in [0.4, 0.5) is 15.8 Å². The van der Waals surface area contributed by atoms with E-state index in [9.17, 15) is 19.3 Å². The van der Waals surface area contributed by atoms with Crippen molar-refractivity contribution in [3.8, 4) is 0 Å². The molecular formula is C14H10FIN2O3. The number of nitrogens with one attached hydrogen (secondary N) is 1. The normalized spacial score (nSPS) is 10.2. The van der Waals surface area contributed by atoms with E-state index >= 15 is 0 Å². The van der Waals surface area contributed by atoms with Crippen LogP contribution >= 0.6 is 22.6 Å². The second-order valence-electron chi connectivity index (χ2n) is 4.27. The summed E-state index contributed by atoms with van der Waals surface area (Å²) in [6.07, 6.45) is 0.105. The Morgan fingerprint density at radius 1 is 1.24 bits per heavy atom. The minimum atomic E-state index is -0.494. The molecule has 0 saturated carbocycles. The Balaban J connectivity index is 2.06. The van der Waals surface area contributed by atoms with E-state index in [1.165, 1.54) is 42.5 Å². The average molecular weight is 400 g/mol. The number of hydrogen-bond acceptors (Lipinski definition) is 3. The zero-order chi connectivity index (χ0) is 15.4. The van der Waals surface area contributed by atoms with Crippen LogP contribution < -0.4 is 5.32 Å². The molecule has 21 heavy (non-hydrogen) atoms. The van der Waals surface area contributed by atoms with Crippen LogP contribution in [0.2, 0.25) is 0 Å². The number of carbonyl (C=O) groups is 1. The molecular weight excluding hydrogens is 390 g/mol. The fourth-order valence-corrected chi connectivity index (χ4v) is 2.33. The molecule has 0 atom stereocenters. The van der Waals surface area contributed by atoms with E-state index < -0.39 is 4.92 Å². The molecule has 0 spiro atoms. The standard InChI is InChI=1S/C14H10FIN2O3/c15-10-3-1-9(2-4-10)7-14(19)17-13-6-5-11(18(20)21)8-12(13)16/h1-6,8H,7H2,(H,17,19). The summed E-state index contributed by atoms with van der Waals surface area (Å²) in [5.41, 5.74) is 1.16. The zero-order valence-corrected chi connectivity index (χ0v) is 12.8. The van der Waals surface area contributed by atoms with Gasteiger partial charge in [0.05, 0.1) is 17.0 Å². The first-order valence-electron chi connectivity index (χ1n) is 5.94. The lowest BCUT2D eigenvalue weighted by atomic mass is 10.1. The number of hydrogen-bond donors (Lipinski definition) is 1. The Morgan fingerprint density at radius 3 is 2.48 bits per heavy atom. The summed E-state index contributed by atoms with van der Waals surface area (Å²) < 4.78 is 13.3. The number of anilines is 1. The third-order valence-electron chi connectivity index (χ3n) is 2.72. The molecule has 0 fully saturated rings. The van der Waals surface area contributed by atoms with Gasteiger partial charge in [-0.25, -0.2) is 4.39 Å². The van der Waals surface area contributed by atoms with Crippen molar-refractivity contribution < 1.29 is 14.1 Å². The summed E-state index contributed by atoms with van der Waals surface area (Å²) in [7, 11) is 0. The summed E-state index contributed by atoms with van der Waals surface area (Å²) in [5, 5.41) is 13.3. The first-order chi connectivity index (χ1) is 9.95. The summed E-state index contributed by atoms with van der Waals surface area (Å²) >= 11 is 1.92. The fraction of sp³-hybridized carbons (Fsp3) is 0.0714. The molecule has 0 saturated heterocycles.